The van der Waals surface area contributed by atoms with E-state index in [1.807, 2.05) is 4.90 Å². The van der Waals surface area contributed by atoms with Crippen LogP contribution in [0.15, 0.2) is 29.2 Å². The van der Waals surface area contributed by atoms with Crippen LogP contribution >= 0.6 is 11.6 Å². The fourth-order valence-electron chi connectivity index (χ4n) is 4.66. The average molecular weight is 467 g/mol. The highest BCUT2D eigenvalue weighted by Gasteiger charge is 2.29. The van der Waals surface area contributed by atoms with Gasteiger partial charge in [-0.15, -0.1) is 0 Å². The molecule has 2 aliphatic rings. The number of aromatic nitrogens is 2. The van der Waals surface area contributed by atoms with Crippen molar-refractivity contribution in [1.82, 2.24) is 14.7 Å². The average Bonchev–Trinajstić information content (AvgIpc) is 2.81. The Morgan fingerprint density at radius 3 is 2.62 bits per heavy atom. The highest BCUT2D eigenvalue weighted by molar-refractivity contribution is 6.32. The van der Waals surface area contributed by atoms with Crippen LogP contribution in [0.2, 0.25) is 5.02 Å². The first-order chi connectivity index (χ1) is 15.5. The Morgan fingerprint density at radius 1 is 1.25 bits per heavy atom. The molecule has 0 bridgehead atoms. The number of benzene rings is 1. The molecule has 174 valence electrons. The molecule has 0 aliphatic carbocycles. The smallest absolute Gasteiger partial charge is 0.287 e. The van der Waals surface area contributed by atoms with Crippen LogP contribution < -0.4 is 10.9 Å². The molecule has 1 aromatic heterocycles. The molecule has 2 aliphatic heterocycles. The number of hydrogen-bond acceptors (Lipinski definition) is 5. The molecule has 4 rings (SSSR count). The predicted octanol–water partition coefficient (Wildman–Crippen LogP) is 4.41. The van der Waals surface area contributed by atoms with E-state index in [0.717, 1.165) is 19.4 Å². The minimum atomic E-state index is -0.535. The van der Waals surface area contributed by atoms with Crippen LogP contribution in [0.5, 0.6) is 0 Å². The van der Waals surface area contributed by atoms with Crippen LogP contribution in [0, 0.1) is 17.6 Å². The van der Waals surface area contributed by atoms with Gasteiger partial charge in [0.2, 0.25) is 0 Å². The van der Waals surface area contributed by atoms with Gasteiger partial charge in [0.05, 0.1) is 24.5 Å². The maximum atomic E-state index is 14.2. The zero-order chi connectivity index (χ0) is 22.7. The Hall–Kier alpha value is -2.03. The maximum absolute atomic E-state index is 14.2. The summed E-state index contributed by atoms with van der Waals surface area (Å²) in [5, 5.41) is 7.75. The first kappa shape index (κ1) is 23.1. The zero-order valence-electron chi connectivity index (χ0n) is 18.2. The van der Waals surface area contributed by atoms with Crippen molar-refractivity contribution < 1.29 is 13.5 Å². The van der Waals surface area contributed by atoms with Gasteiger partial charge in [-0.25, -0.2) is 13.5 Å². The molecule has 9 heteroatoms. The highest BCUT2D eigenvalue weighted by Crippen LogP contribution is 2.31. The van der Waals surface area contributed by atoms with E-state index in [4.69, 9.17) is 16.3 Å². The van der Waals surface area contributed by atoms with Crippen molar-refractivity contribution in [2.45, 2.75) is 44.7 Å². The van der Waals surface area contributed by atoms with Crippen molar-refractivity contribution in [3.8, 4) is 0 Å². The summed E-state index contributed by atoms with van der Waals surface area (Å²) < 4.78 is 35.3. The van der Waals surface area contributed by atoms with Crippen molar-refractivity contribution in [1.29, 1.82) is 0 Å². The zero-order valence-corrected chi connectivity index (χ0v) is 19.0. The number of rotatable bonds is 6. The Balaban J connectivity index is 1.39. The number of nitrogens with one attached hydrogen (secondary N) is 1. The predicted molar refractivity (Wildman–Crippen MR) is 120 cm³/mol. The van der Waals surface area contributed by atoms with Crippen molar-refractivity contribution in [2.24, 2.45) is 5.92 Å². The normalized spacial score (nSPS) is 21.4. The molecule has 2 aromatic rings. The van der Waals surface area contributed by atoms with Gasteiger partial charge < -0.3 is 10.1 Å². The molecule has 0 saturated carbocycles. The second-order valence-corrected chi connectivity index (χ2v) is 9.04. The summed E-state index contributed by atoms with van der Waals surface area (Å²) in [4.78, 5) is 14.9. The molecular weight excluding hydrogens is 438 g/mol. The first-order valence-electron chi connectivity index (χ1n) is 11.2. The summed E-state index contributed by atoms with van der Waals surface area (Å²) in [5.41, 5.74) is 0.311. The molecule has 2 atom stereocenters. The molecular formula is C23H29ClF2N4O2. The van der Waals surface area contributed by atoms with Crippen LogP contribution in [-0.4, -0.2) is 47.5 Å². The molecule has 2 fully saturated rings. The first-order valence-corrected chi connectivity index (χ1v) is 11.6. The third kappa shape index (κ3) is 4.97. The van der Waals surface area contributed by atoms with Crippen molar-refractivity contribution in [3.63, 3.8) is 0 Å². The fraction of sp³-hybridized carbons (Fsp3) is 0.565. The van der Waals surface area contributed by atoms with Crippen LogP contribution in [0.1, 0.15) is 50.3 Å². The molecule has 0 spiro atoms. The van der Waals surface area contributed by atoms with E-state index in [9.17, 15) is 13.6 Å². The number of halogens is 3. The summed E-state index contributed by atoms with van der Waals surface area (Å²) in [6, 6.07) is 3.44. The lowest BCUT2D eigenvalue weighted by Gasteiger charge is -2.36. The lowest BCUT2D eigenvalue weighted by molar-refractivity contribution is 0.0595. The van der Waals surface area contributed by atoms with Gasteiger partial charge in [0, 0.05) is 37.8 Å². The van der Waals surface area contributed by atoms with Gasteiger partial charge in [-0.2, -0.15) is 5.10 Å². The molecule has 3 heterocycles. The van der Waals surface area contributed by atoms with E-state index in [2.05, 4.69) is 10.4 Å². The van der Waals surface area contributed by atoms with Gasteiger partial charge in [0.25, 0.3) is 5.56 Å². The summed E-state index contributed by atoms with van der Waals surface area (Å²) in [5.74, 6) is -0.674. The van der Waals surface area contributed by atoms with Gasteiger partial charge in [0.1, 0.15) is 16.7 Å². The standard InChI is InChI=1S/C23H29ClF2N4O2/c1-15(21-18(25)5-2-6-19(21)26)29-9-7-17(8-10-29)30-23(31)22(24)20(13-28-30)27-12-16-4-3-11-32-14-16/h2,5-6,13,15-17,27H,3-4,7-12,14H2,1H3/t15-,16+/m0/s1. The van der Waals surface area contributed by atoms with Crippen molar-refractivity contribution in [2.75, 3.05) is 38.2 Å². The third-order valence-corrected chi connectivity index (χ3v) is 6.95. The lowest BCUT2D eigenvalue weighted by atomic mass is 9.99. The van der Waals surface area contributed by atoms with E-state index in [1.165, 1.54) is 22.9 Å². The largest absolute Gasteiger partial charge is 0.382 e. The Morgan fingerprint density at radius 2 is 1.97 bits per heavy atom. The summed E-state index contributed by atoms with van der Waals surface area (Å²) in [6.45, 7) is 5.22. The number of ether oxygens (including phenoxy) is 1. The number of likely N-dealkylation sites (tertiary alicyclic amines) is 1. The van der Waals surface area contributed by atoms with Crippen molar-refractivity contribution in [3.05, 3.63) is 57.0 Å². The van der Waals surface area contributed by atoms with Crippen LogP contribution in [0.3, 0.4) is 0 Å². The summed E-state index contributed by atoms with van der Waals surface area (Å²) >= 11 is 6.37. The molecule has 6 nitrogen and oxygen atoms in total. The van der Waals surface area contributed by atoms with Gasteiger partial charge in [-0.05, 0) is 50.7 Å². The maximum Gasteiger partial charge on any atom is 0.287 e. The number of piperidine rings is 1. The lowest BCUT2D eigenvalue weighted by Crippen LogP contribution is -2.40. The van der Waals surface area contributed by atoms with Crippen molar-refractivity contribution >= 4 is 17.3 Å². The second kappa shape index (κ2) is 10.3. The Kier molecular flexibility index (Phi) is 7.43. The summed E-state index contributed by atoms with van der Waals surface area (Å²) in [7, 11) is 0. The van der Waals surface area contributed by atoms with Gasteiger partial charge in [-0.3, -0.25) is 9.69 Å². The SMILES string of the molecule is C[C@@H](c1c(F)cccc1F)N1CCC(n2ncc(NC[C@H]3CCCOC3)c(Cl)c2=O)CC1. The quantitative estimate of drug-likeness (QED) is 0.683. The monoisotopic (exact) mass is 466 g/mol. The van der Waals surface area contributed by atoms with Crippen LogP contribution in [0.4, 0.5) is 14.5 Å². The summed E-state index contributed by atoms with van der Waals surface area (Å²) in [6.07, 6.45) is 5.03. The Labute approximate surface area is 191 Å². The molecule has 1 aromatic carbocycles. The van der Waals surface area contributed by atoms with Crippen LogP contribution in [0.25, 0.3) is 0 Å². The van der Waals surface area contributed by atoms with E-state index in [0.29, 0.717) is 50.7 Å². The van der Waals surface area contributed by atoms with Crippen LogP contribution in [-0.2, 0) is 4.74 Å². The molecule has 1 N–H and O–H groups in total. The van der Waals surface area contributed by atoms with E-state index >= 15 is 0 Å². The van der Waals surface area contributed by atoms with Gasteiger partial charge in [0.15, 0.2) is 0 Å². The minimum Gasteiger partial charge on any atom is -0.382 e. The number of anilines is 1. The Bertz CT molecular complexity index is 968. The topological polar surface area (TPSA) is 59.4 Å². The highest BCUT2D eigenvalue weighted by atomic mass is 35.5. The molecule has 2 saturated heterocycles. The van der Waals surface area contributed by atoms with E-state index in [1.54, 1.807) is 13.1 Å². The third-order valence-electron chi connectivity index (χ3n) is 6.59. The minimum absolute atomic E-state index is 0.0862. The number of nitrogens with zero attached hydrogens (tertiary/aromatic N) is 3. The van der Waals surface area contributed by atoms with Gasteiger partial charge in [-0.1, -0.05) is 17.7 Å². The molecule has 0 amide bonds. The van der Waals surface area contributed by atoms with E-state index < -0.39 is 11.6 Å². The fourth-order valence-corrected chi connectivity index (χ4v) is 4.86. The molecule has 32 heavy (non-hydrogen) atoms. The molecule has 0 radical (unpaired) electrons. The second-order valence-electron chi connectivity index (χ2n) is 8.66. The van der Waals surface area contributed by atoms with E-state index in [-0.39, 0.29) is 28.2 Å². The number of hydrogen-bond donors (Lipinski definition) is 1. The molecule has 0 unspecified atom stereocenters. The van der Waals surface area contributed by atoms with Gasteiger partial charge >= 0.3 is 0 Å².